The fourth-order valence-electron chi connectivity index (χ4n) is 2.75. The summed E-state index contributed by atoms with van der Waals surface area (Å²) in [5, 5.41) is 30.5. The summed E-state index contributed by atoms with van der Waals surface area (Å²) in [6.45, 7) is -0.0779. The van der Waals surface area contributed by atoms with Crippen LogP contribution in [-0.2, 0) is 16.1 Å². The van der Waals surface area contributed by atoms with E-state index in [1.165, 1.54) is 11.8 Å². The quantitative estimate of drug-likeness (QED) is 0.727. The summed E-state index contributed by atoms with van der Waals surface area (Å²) in [5.41, 5.74) is 0.310. The molecule has 6 heteroatoms. The number of hydrogen-bond donors (Lipinski definition) is 3. The molecule has 3 rings (SSSR count). The molecule has 0 radical (unpaired) electrons. The molecule has 0 spiro atoms. The van der Waals surface area contributed by atoms with Gasteiger partial charge < -0.3 is 24.8 Å². The van der Waals surface area contributed by atoms with Crippen LogP contribution in [0.25, 0.3) is 0 Å². The van der Waals surface area contributed by atoms with Crippen LogP contribution in [0.15, 0.2) is 65.6 Å². The molecule has 1 aliphatic heterocycles. The van der Waals surface area contributed by atoms with E-state index < -0.39 is 29.9 Å². The first kappa shape index (κ1) is 18.4. The molecule has 5 atom stereocenters. The fraction of sp³-hybridized carbons (Fsp3) is 0.368. The molecule has 25 heavy (non-hydrogen) atoms. The Morgan fingerprint density at radius 1 is 0.920 bits per heavy atom. The van der Waals surface area contributed by atoms with E-state index in [0.717, 1.165) is 10.5 Å². The molecule has 0 amide bonds. The molecule has 3 unspecified atom stereocenters. The highest BCUT2D eigenvalue weighted by Crippen LogP contribution is 2.34. The highest BCUT2D eigenvalue weighted by Gasteiger charge is 2.45. The van der Waals surface area contributed by atoms with Crippen molar-refractivity contribution in [1.29, 1.82) is 0 Å². The Morgan fingerprint density at radius 3 is 2.20 bits per heavy atom. The first-order valence-corrected chi connectivity index (χ1v) is 9.06. The van der Waals surface area contributed by atoms with Crippen molar-refractivity contribution in [3.63, 3.8) is 0 Å². The lowest BCUT2D eigenvalue weighted by molar-refractivity contribution is -0.223. The zero-order valence-electron chi connectivity index (χ0n) is 13.6. The smallest absolute Gasteiger partial charge is 0.136 e. The summed E-state index contributed by atoms with van der Waals surface area (Å²) in [6, 6.07) is 19.1. The zero-order valence-corrected chi connectivity index (χ0v) is 14.5. The van der Waals surface area contributed by atoms with E-state index in [1.54, 1.807) is 0 Å². The average Bonchev–Trinajstić information content (AvgIpc) is 2.65. The molecular weight excluding hydrogens is 340 g/mol. The third kappa shape index (κ3) is 4.61. The van der Waals surface area contributed by atoms with E-state index in [0.29, 0.717) is 0 Å². The van der Waals surface area contributed by atoms with E-state index >= 15 is 0 Å². The predicted molar refractivity (Wildman–Crippen MR) is 95.1 cm³/mol. The molecule has 5 nitrogen and oxygen atoms in total. The molecule has 3 N–H and O–H groups in total. The minimum absolute atomic E-state index is 0.264. The van der Waals surface area contributed by atoms with Crippen molar-refractivity contribution in [1.82, 2.24) is 0 Å². The molecule has 0 saturated carbocycles. The van der Waals surface area contributed by atoms with Gasteiger partial charge in [-0.25, -0.2) is 0 Å². The Balaban J connectivity index is 1.70. The van der Waals surface area contributed by atoms with Crippen LogP contribution in [0.2, 0.25) is 0 Å². The molecule has 0 aromatic heterocycles. The van der Waals surface area contributed by atoms with Crippen molar-refractivity contribution in [3.05, 3.63) is 66.2 Å². The minimum Gasteiger partial charge on any atom is -0.394 e. The summed E-state index contributed by atoms with van der Waals surface area (Å²) in [4.78, 5) is 0.932. The van der Waals surface area contributed by atoms with Gasteiger partial charge in [-0.15, -0.1) is 0 Å². The lowest BCUT2D eigenvalue weighted by Crippen LogP contribution is -2.58. The van der Waals surface area contributed by atoms with Crippen molar-refractivity contribution in [2.24, 2.45) is 0 Å². The second-order valence-electron chi connectivity index (χ2n) is 5.90. The van der Waals surface area contributed by atoms with Crippen LogP contribution in [-0.4, -0.2) is 51.8 Å². The zero-order chi connectivity index (χ0) is 17.6. The molecule has 0 bridgehead atoms. The fourth-order valence-corrected chi connectivity index (χ4v) is 3.82. The maximum atomic E-state index is 10.6. The van der Waals surface area contributed by atoms with Gasteiger partial charge >= 0.3 is 0 Å². The Bertz CT molecular complexity index is 639. The van der Waals surface area contributed by atoms with E-state index in [4.69, 9.17) is 9.47 Å². The number of benzene rings is 2. The maximum Gasteiger partial charge on any atom is 0.136 e. The van der Waals surface area contributed by atoms with Gasteiger partial charge in [-0.2, -0.15) is 0 Å². The van der Waals surface area contributed by atoms with Crippen molar-refractivity contribution in [2.75, 3.05) is 6.61 Å². The Labute approximate surface area is 151 Å². The minimum atomic E-state index is -1.10. The first-order valence-electron chi connectivity index (χ1n) is 8.18. The Hall–Kier alpha value is -1.41. The van der Waals surface area contributed by atoms with Crippen molar-refractivity contribution >= 4 is 11.8 Å². The molecule has 0 aliphatic carbocycles. The SMILES string of the molecule is OCC1O[C@@H](Sc2ccccc2)C(O)C(OCc2ccccc2)[C@@H]1O. The van der Waals surface area contributed by atoms with Gasteiger partial charge in [-0.1, -0.05) is 60.3 Å². The lowest BCUT2D eigenvalue weighted by atomic mass is 10.00. The summed E-state index contributed by atoms with van der Waals surface area (Å²) >= 11 is 1.34. The largest absolute Gasteiger partial charge is 0.394 e. The average molecular weight is 362 g/mol. The molecule has 1 saturated heterocycles. The second-order valence-corrected chi connectivity index (χ2v) is 7.07. The van der Waals surface area contributed by atoms with Crippen molar-refractivity contribution < 1.29 is 24.8 Å². The van der Waals surface area contributed by atoms with Gasteiger partial charge in [0.2, 0.25) is 0 Å². The van der Waals surface area contributed by atoms with Crippen LogP contribution >= 0.6 is 11.8 Å². The van der Waals surface area contributed by atoms with E-state index in [2.05, 4.69) is 0 Å². The summed E-state index contributed by atoms with van der Waals surface area (Å²) in [7, 11) is 0. The van der Waals surface area contributed by atoms with Gasteiger partial charge in [-0.05, 0) is 17.7 Å². The Kier molecular flexibility index (Phi) is 6.47. The van der Waals surface area contributed by atoms with Gasteiger partial charge in [0.1, 0.15) is 29.9 Å². The molecule has 2 aromatic carbocycles. The van der Waals surface area contributed by atoms with Gasteiger partial charge in [0.05, 0.1) is 13.2 Å². The third-order valence-electron chi connectivity index (χ3n) is 4.10. The van der Waals surface area contributed by atoms with Gasteiger partial charge in [-0.3, -0.25) is 0 Å². The van der Waals surface area contributed by atoms with Crippen LogP contribution < -0.4 is 0 Å². The lowest BCUT2D eigenvalue weighted by Gasteiger charge is -2.41. The number of ether oxygens (including phenoxy) is 2. The topological polar surface area (TPSA) is 79.2 Å². The summed E-state index contributed by atoms with van der Waals surface area (Å²) in [5.74, 6) is 0. The summed E-state index contributed by atoms with van der Waals surface area (Å²) in [6.07, 6.45) is -3.76. The summed E-state index contributed by atoms with van der Waals surface area (Å²) < 4.78 is 11.5. The molecule has 2 aromatic rings. The van der Waals surface area contributed by atoms with Crippen LogP contribution in [0.3, 0.4) is 0 Å². The van der Waals surface area contributed by atoms with E-state index in [9.17, 15) is 15.3 Å². The van der Waals surface area contributed by atoms with Crippen LogP contribution in [0, 0.1) is 0 Å². The van der Waals surface area contributed by atoms with Gasteiger partial charge in [0.25, 0.3) is 0 Å². The number of hydrogen-bond acceptors (Lipinski definition) is 6. The monoisotopic (exact) mass is 362 g/mol. The molecule has 134 valence electrons. The van der Waals surface area contributed by atoms with Crippen LogP contribution in [0.4, 0.5) is 0 Å². The second kappa shape index (κ2) is 8.80. The highest BCUT2D eigenvalue weighted by molar-refractivity contribution is 7.99. The first-order chi connectivity index (χ1) is 12.2. The van der Waals surface area contributed by atoms with Gasteiger partial charge in [0.15, 0.2) is 0 Å². The normalized spacial score (nSPS) is 29.5. The number of aliphatic hydroxyl groups excluding tert-OH is 3. The van der Waals surface area contributed by atoms with Gasteiger partial charge in [0, 0.05) is 4.90 Å². The molecular formula is C19H22O5S. The third-order valence-corrected chi connectivity index (χ3v) is 5.27. The highest BCUT2D eigenvalue weighted by atomic mass is 32.2. The van der Waals surface area contributed by atoms with Crippen molar-refractivity contribution in [3.8, 4) is 0 Å². The molecule has 1 heterocycles. The van der Waals surface area contributed by atoms with E-state index in [-0.39, 0.29) is 13.2 Å². The maximum absolute atomic E-state index is 10.6. The molecule has 1 aliphatic rings. The Morgan fingerprint density at radius 2 is 1.56 bits per heavy atom. The van der Waals surface area contributed by atoms with Crippen molar-refractivity contribution in [2.45, 2.75) is 41.4 Å². The number of aliphatic hydroxyl groups is 3. The molecule has 1 fully saturated rings. The van der Waals surface area contributed by atoms with E-state index in [1.807, 2.05) is 60.7 Å². The number of thioether (sulfide) groups is 1. The van der Waals surface area contributed by atoms with Crippen LogP contribution in [0.5, 0.6) is 0 Å². The predicted octanol–water partition coefficient (Wildman–Crippen LogP) is 1.80. The number of rotatable bonds is 6. The standard InChI is InChI=1S/C19H22O5S/c20-11-15-16(21)18(23-12-13-7-3-1-4-8-13)17(22)19(24-15)25-14-9-5-2-6-10-14/h1-10,15-22H,11-12H2/t15?,16-,17?,18?,19+/m1/s1. The van der Waals surface area contributed by atoms with Crippen LogP contribution in [0.1, 0.15) is 5.56 Å².